The van der Waals surface area contributed by atoms with Gasteiger partial charge in [0.1, 0.15) is 12.4 Å². The summed E-state index contributed by atoms with van der Waals surface area (Å²) in [5, 5.41) is 4.51. The summed E-state index contributed by atoms with van der Waals surface area (Å²) in [6.07, 6.45) is 3.02. The SMILES string of the molecule is CCCNCc1cc(Br)cc(C)c1OCc1cnc(C)s1. The molecule has 1 aromatic heterocycles. The number of nitrogens with zero attached hydrogens (tertiary/aromatic N) is 1. The van der Waals surface area contributed by atoms with Crippen molar-refractivity contribution in [2.45, 2.75) is 40.3 Å². The third-order valence-electron chi connectivity index (χ3n) is 3.09. The number of thiazole rings is 1. The van der Waals surface area contributed by atoms with Crippen molar-refractivity contribution in [1.82, 2.24) is 10.3 Å². The van der Waals surface area contributed by atoms with Gasteiger partial charge in [-0.25, -0.2) is 4.98 Å². The van der Waals surface area contributed by atoms with E-state index in [1.807, 2.05) is 13.1 Å². The van der Waals surface area contributed by atoms with Crippen LogP contribution in [0.3, 0.4) is 0 Å². The molecule has 0 fully saturated rings. The summed E-state index contributed by atoms with van der Waals surface area (Å²) < 4.78 is 7.15. The number of rotatable bonds is 7. The van der Waals surface area contributed by atoms with Gasteiger partial charge in [0.25, 0.3) is 0 Å². The van der Waals surface area contributed by atoms with Gasteiger partial charge in [-0.2, -0.15) is 0 Å². The standard InChI is InChI=1S/C16H21BrN2OS/c1-4-5-18-8-13-7-14(17)6-11(2)16(13)20-10-15-9-19-12(3)21-15/h6-7,9,18H,4-5,8,10H2,1-3H3. The van der Waals surface area contributed by atoms with E-state index in [0.29, 0.717) is 6.61 Å². The Labute approximate surface area is 138 Å². The van der Waals surface area contributed by atoms with Crippen LogP contribution in [0.2, 0.25) is 0 Å². The Bertz CT molecular complexity index is 598. The molecular weight excluding hydrogens is 348 g/mol. The third kappa shape index (κ3) is 4.80. The van der Waals surface area contributed by atoms with Crippen molar-refractivity contribution in [3.63, 3.8) is 0 Å². The Hall–Kier alpha value is -0.910. The molecule has 21 heavy (non-hydrogen) atoms. The summed E-state index contributed by atoms with van der Waals surface area (Å²) in [5.74, 6) is 0.979. The van der Waals surface area contributed by atoms with Crippen molar-refractivity contribution >= 4 is 27.3 Å². The number of hydrogen-bond donors (Lipinski definition) is 1. The third-order valence-corrected chi connectivity index (χ3v) is 4.43. The molecule has 1 aromatic carbocycles. The Morgan fingerprint density at radius 2 is 2.14 bits per heavy atom. The summed E-state index contributed by atoms with van der Waals surface area (Å²) >= 11 is 5.25. The molecule has 1 N–H and O–H groups in total. The second-order valence-corrected chi connectivity index (χ2v) is 7.26. The fourth-order valence-corrected chi connectivity index (χ4v) is 3.48. The van der Waals surface area contributed by atoms with Gasteiger partial charge >= 0.3 is 0 Å². The van der Waals surface area contributed by atoms with Gasteiger partial charge < -0.3 is 10.1 Å². The maximum absolute atomic E-state index is 6.06. The Morgan fingerprint density at radius 1 is 1.33 bits per heavy atom. The van der Waals surface area contributed by atoms with E-state index < -0.39 is 0 Å². The van der Waals surface area contributed by atoms with Crippen molar-refractivity contribution in [2.75, 3.05) is 6.54 Å². The van der Waals surface area contributed by atoms with Crippen molar-refractivity contribution < 1.29 is 4.74 Å². The largest absolute Gasteiger partial charge is 0.487 e. The first kappa shape index (κ1) is 16.5. The molecule has 0 saturated carbocycles. The molecule has 1 heterocycles. The molecule has 2 rings (SSSR count). The number of aromatic nitrogens is 1. The Balaban J connectivity index is 2.12. The highest BCUT2D eigenvalue weighted by molar-refractivity contribution is 9.10. The van der Waals surface area contributed by atoms with Gasteiger partial charge in [-0.05, 0) is 44.5 Å². The maximum Gasteiger partial charge on any atom is 0.127 e. The number of benzene rings is 1. The lowest BCUT2D eigenvalue weighted by molar-refractivity contribution is 0.303. The van der Waals surface area contributed by atoms with Crippen LogP contribution in [0, 0.1) is 13.8 Å². The number of halogens is 1. The van der Waals surface area contributed by atoms with Crippen LogP contribution < -0.4 is 10.1 Å². The van der Waals surface area contributed by atoms with Gasteiger partial charge in [-0.3, -0.25) is 0 Å². The predicted molar refractivity (Wildman–Crippen MR) is 92.1 cm³/mol. The van der Waals surface area contributed by atoms with Gasteiger partial charge in [-0.1, -0.05) is 22.9 Å². The zero-order valence-corrected chi connectivity index (χ0v) is 15.1. The molecule has 3 nitrogen and oxygen atoms in total. The molecule has 0 radical (unpaired) electrons. The smallest absolute Gasteiger partial charge is 0.127 e. The average Bonchev–Trinajstić information content (AvgIpc) is 2.83. The van der Waals surface area contributed by atoms with E-state index in [9.17, 15) is 0 Å². The van der Waals surface area contributed by atoms with Crippen LogP contribution in [0.25, 0.3) is 0 Å². The first-order valence-corrected chi connectivity index (χ1v) is 8.75. The molecule has 0 atom stereocenters. The number of aryl methyl sites for hydroxylation is 2. The number of nitrogens with one attached hydrogen (secondary N) is 1. The lowest BCUT2D eigenvalue weighted by Crippen LogP contribution is -2.15. The van der Waals surface area contributed by atoms with Crippen molar-refractivity contribution in [3.05, 3.63) is 43.8 Å². The molecule has 114 valence electrons. The van der Waals surface area contributed by atoms with E-state index in [2.05, 4.69) is 52.2 Å². The number of hydrogen-bond acceptors (Lipinski definition) is 4. The highest BCUT2D eigenvalue weighted by Gasteiger charge is 2.10. The van der Waals surface area contributed by atoms with Crippen LogP contribution in [-0.4, -0.2) is 11.5 Å². The second-order valence-electron chi connectivity index (χ2n) is 5.02. The first-order valence-electron chi connectivity index (χ1n) is 7.14. The van der Waals surface area contributed by atoms with E-state index in [4.69, 9.17) is 4.74 Å². The predicted octanol–water partition coefficient (Wildman–Crippen LogP) is 4.60. The van der Waals surface area contributed by atoms with Gasteiger partial charge in [0.15, 0.2) is 0 Å². The van der Waals surface area contributed by atoms with E-state index in [-0.39, 0.29) is 0 Å². The molecule has 0 bridgehead atoms. The molecule has 0 aliphatic heterocycles. The van der Waals surface area contributed by atoms with Crippen LogP contribution in [0.5, 0.6) is 5.75 Å². The molecule has 0 aliphatic rings. The van der Waals surface area contributed by atoms with Crippen LogP contribution >= 0.6 is 27.3 Å². The van der Waals surface area contributed by atoms with Gasteiger partial charge in [0.05, 0.1) is 9.88 Å². The van der Waals surface area contributed by atoms with Crippen molar-refractivity contribution in [3.8, 4) is 5.75 Å². The summed E-state index contributed by atoms with van der Waals surface area (Å²) in [6, 6.07) is 4.22. The van der Waals surface area contributed by atoms with Gasteiger partial charge in [0, 0.05) is 22.8 Å². The monoisotopic (exact) mass is 368 g/mol. The molecule has 0 aliphatic carbocycles. The maximum atomic E-state index is 6.06. The highest BCUT2D eigenvalue weighted by atomic mass is 79.9. The van der Waals surface area contributed by atoms with E-state index in [0.717, 1.165) is 45.2 Å². The Morgan fingerprint density at radius 3 is 2.81 bits per heavy atom. The zero-order chi connectivity index (χ0) is 15.2. The fraction of sp³-hybridized carbons (Fsp3) is 0.438. The summed E-state index contributed by atoms with van der Waals surface area (Å²) in [6.45, 7) is 8.68. The molecule has 0 amide bonds. The molecule has 0 saturated heterocycles. The molecule has 0 unspecified atom stereocenters. The summed E-state index contributed by atoms with van der Waals surface area (Å²) in [4.78, 5) is 5.42. The van der Waals surface area contributed by atoms with Crippen LogP contribution in [0.1, 0.15) is 34.4 Å². The fourth-order valence-electron chi connectivity index (χ4n) is 2.15. The minimum atomic E-state index is 0.578. The number of ether oxygens (including phenoxy) is 1. The van der Waals surface area contributed by atoms with E-state index >= 15 is 0 Å². The molecule has 2 aromatic rings. The highest BCUT2D eigenvalue weighted by Crippen LogP contribution is 2.29. The minimum Gasteiger partial charge on any atom is -0.487 e. The summed E-state index contributed by atoms with van der Waals surface area (Å²) in [7, 11) is 0. The quantitative estimate of drug-likeness (QED) is 0.725. The van der Waals surface area contributed by atoms with Gasteiger partial charge in [0.2, 0.25) is 0 Å². The van der Waals surface area contributed by atoms with Crippen LogP contribution in [0.15, 0.2) is 22.8 Å². The van der Waals surface area contributed by atoms with E-state index in [1.165, 1.54) is 5.56 Å². The molecular formula is C16H21BrN2OS. The Kier molecular flexibility index (Phi) is 6.21. The lowest BCUT2D eigenvalue weighted by Gasteiger charge is -2.15. The second kappa shape index (κ2) is 7.92. The molecule has 5 heteroatoms. The first-order chi connectivity index (χ1) is 10.1. The average molecular weight is 369 g/mol. The van der Waals surface area contributed by atoms with Crippen LogP contribution in [0.4, 0.5) is 0 Å². The summed E-state index contributed by atoms with van der Waals surface area (Å²) in [5.41, 5.74) is 2.34. The van der Waals surface area contributed by atoms with Crippen molar-refractivity contribution in [2.24, 2.45) is 0 Å². The van der Waals surface area contributed by atoms with Gasteiger partial charge in [-0.15, -0.1) is 11.3 Å². The van der Waals surface area contributed by atoms with E-state index in [1.54, 1.807) is 11.3 Å². The zero-order valence-electron chi connectivity index (χ0n) is 12.7. The normalized spacial score (nSPS) is 10.9. The lowest BCUT2D eigenvalue weighted by atomic mass is 10.1. The molecule has 0 spiro atoms. The van der Waals surface area contributed by atoms with Crippen molar-refractivity contribution in [1.29, 1.82) is 0 Å². The minimum absolute atomic E-state index is 0.578. The topological polar surface area (TPSA) is 34.1 Å². The van der Waals surface area contributed by atoms with Crippen LogP contribution in [-0.2, 0) is 13.2 Å².